The van der Waals surface area contributed by atoms with Crippen LogP contribution in [0.2, 0.25) is 0 Å². The minimum Gasteiger partial charge on any atom is -0.350 e. The van der Waals surface area contributed by atoms with Crippen LogP contribution in [0.15, 0.2) is 96.4 Å². The highest BCUT2D eigenvalue weighted by Gasteiger charge is 2.13. The average Bonchev–Trinajstić information content (AvgIpc) is 3.33. The zero-order chi connectivity index (χ0) is 21.2. The van der Waals surface area contributed by atoms with Gasteiger partial charge in [0.1, 0.15) is 0 Å². The normalized spacial score (nSPS) is 11.5. The van der Waals surface area contributed by atoms with E-state index in [-0.39, 0.29) is 5.91 Å². The van der Waals surface area contributed by atoms with Crippen molar-refractivity contribution < 1.29 is 4.79 Å². The number of nitrogens with zero attached hydrogens (tertiary/aromatic N) is 3. The molecule has 1 N–H and O–H groups in total. The van der Waals surface area contributed by atoms with Crippen LogP contribution in [0, 0.1) is 0 Å². The predicted octanol–water partition coefficient (Wildman–Crippen LogP) is 4.95. The number of amides is 1. The van der Waals surface area contributed by atoms with E-state index in [9.17, 15) is 4.79 Å². The molecule has 0 aliphatic heterocycles. The summed E-state index contributed by atoms with van der Waals surface area (Å²) in [6.07, 6.45) is 5.62. The van der Waals surface area contributed by atoms with E-state index in [4.69, 9.17) is 0 Å². The zero-order valence-corrected chi connectivity index (χ0v) is 17.2. The van der Waals surface area contributed by atoms with Gasteiger partial charge in [0.15, 0.2) is 0 Å². The number of para-hydroxylation sites is 2. The molecular weight excluding hydrogens is 384 g/mol. The first-order valence-electron chi connectivity index (χ1n) is 10.2. The molecule has 0 atom stereocenters. The van der Waals surface area contributed by atoms with Gasteiger partial charge in [0.05, 0.1) is 11.8 Å². The molecule has 0 unspecified atom stereocenters. The van der Waals surface area contributed by atoms with E-state index in [1.807, 2.05) is 72.4 Å². The summed E-state index contributed by atoms with van der Waals surface area (Å²) in [5, 5.41) is 6.27. The van der Waals surface area contributed by atoms with Crippen molar-refractivity contribution in [2.75, 3.05) is 0 Å². The molecule has 0 fully saturated rings. The second-order valence-corrected chi connectivity index (χ2v) is 7.59. The number of carbonyl (C=O) groups excluding carboxylic acids is 1. The highest BCUT2D eigenvalue weighted by Crippen LogP contribution is 2.22. The van der Waals surface area contributed by atoms with Gasteiger partial charge in [-0.05, 0) is 17.7 Å². The maximum atomic E-state index is 12.7. The number of nitrogens with one attached hydrogen (secondary N) is 1. The molecule has 5 nitrogen and oxygen atoms in total. The van der Waals surface area contributed by atoms with E-state index < -0.39 is 0 Å². The third-order valence-corrected chi connectivity index (χ3v) is 5.53. The quantitative estimate of drug-likeness (QED) is 0.326. The Hall–Kier alpha value is -4.12. The van der Waals surface area contributed by atoms with Crippen molar-refractivity contribution in [3.8, 4) is 0 Å². The minimum absolute atomic E-state index is 0.221. The fourth-order valence-corrected chi connectivity index (χ4v) is 4.03. The first-order valence-corrected chi connectivity index (χ1v) is 10.2. The topological polar surface area (TPSA) is 51.3 Å². The maximum absolute atomic E-state index is 12.7. The average molecular weight is 406 g/mol. The van der Waals surface area contributed by atoms with Gasteiger partial charge in [0.2, 0.25) is 0 Å². The Labute approximate surface area is 180 Å². The molecule has 0 aliphatic carbocycles. The highest BCUT2D eigenvalue weighted by atomic mass is 16.2. The molecular formula is C26H22N4O. The van der Waals surface area contributed by atoms with E-state index >= 15 is 0 Å². The van der Waals surface area contributed by atoms with Crippen LogP contribution in [0.4, 0.5) is 0 Å². The van der Waals surface area contributed by atoms with Crippen molar-refractivity contribution in [2.45, 2.75) is 6.54 Å². The van der Waals surface area contributed by atoms with Gasteiger partial charge in [-0.3, -0.25) is 4.79 Å². The molecule has 0 bridgehead atoms. The summed E-state index contributed by atoms with van der Waals surface area (Å²) in [6, 6.07) is 26.4. The molecule has 152 valence electrons. The van der Waals surface area contributed by atoms with Gasteiger partial charge in [-0.25, -0.2) is 5.43 Å². The number of hydrogen-bond acceptors (Lipinski definition) is 2. The largest absolute Gasteiger partial charge is 0.350 e. The third kappa shape index (κ3) is 3.62. The maximum Gasteiger partial charge on any atom is 0.273 e. The number of hydrogen-bond donors (Lipinski definition) is 1. The van der Waals surface area contributed by atoms with Crippen LogP contribution >= 0.6 is 0 Å². The molecule has 2 aromatic heterocycles. The minimum atomic E-state index is -0.221. The van der Waals surface area contributed by atoms with Crippen molar-refractivity contribution in [1.82, 2.24) is 14.6 Å². The Balaban J connectivity index is 1.40. The molecule has 0 spiro atoms. The van der Waals surface area contributed by atoms with Crippen LogP contribution in [0.5, 0.6) is 0 Å². The summed E-state index contributed by atoms with van der Waals surface area (Å²) in [5.74, 6) is -0.221. The van der Waals surface area contributed by atoms with Crippen molar-refractivity contribution >= 4 is 33.9 Å². The number of fused-ring (bicyclic) bond motifs is 2. The molecule has 31 heavy (non-hydrogen) atoms. The molecule has 0 saturated heterocycles. The number of rotatable bonds is 5. The summed E-state index contributed by atoms with van der Waals surface area (Å²) < 4.78 is 4.16. The smallest absolute Gasteiger partial charge is 0.273 e. The van der Waals surface area contributed by atoms with Crippen molar-refractivity contribution in [2.24, 2.45) is 12.1 Å². The van der Waals surface area contributed by atoms with Crippen molar-refractivity contribution in [1.29, 1.82) is 0 Å². The summed E-state index contributed by atoms with van der Waals surface area (Å²) in [4.78, 5) is 12.7. The van der Waals surface area contributed by atoms with E-state index in [2.05, 4.69) is 45.6 Å². The van der Waals surface area contributed by atoms with E-state index in [1.165, 1.54) is 5.56 Å². The van der Waals surface area contributed by atoms with Crippen LogP contribution < -0.4 is 5.43 Å². The van der Waals surface area contributed by atoms with Crippen molar-refractivity contribution in [3.63, 3.8) is 0 Å². The molecule has 0 radical (unpaired) electrons. The fourth-order valence-electron chi connectivity index (χ4n) is 4.03. The zero-order valence-electron chi connectivity index (χ0n) is 17.2. The molecule has 0 saturated carbocycles. The summed E-state index contributed by atoms with van der Waals surface area (Å²) in [7, 11) is 1.93. The van der Waals surface area contributed by atoms with Crippen LogP contribution in [0.25, 0.3) is 21.8 Å². The lowest BCUT2D eigenvalue weighted by atomic mass is 10.2. The molecule has 0 aliphatic rings. The summed E-state index contributed by atoms with van der Waals surface area (Å²) >= 11 is 0. The Morgan fingerprint density at radius 2 is 1.55 bits per heavy atom. The number of benzene rings is 3. The first-order chi connectivity index (χ1) is 15.2. The van der Waals surface area contributed by atoms with Crippen LogP contribution in [0.1, 0.15) is 21.5 Å². The molecule has 5 aromatic rings. The lowest BCUT2D eigenvalue weighted by Crippen LogP contribution is -2.17. The molecule has 3 aromatic carbocycles. The summed E-state index contributed by atoms with van der Waals surface area (Å²) in [5.41, 5.74) is 7.64. The second kappa shape index (κ2) is 7.95. The standard InChI is InChI=1S/C26H22N4O/c1-29-18-23(22-12-6-7-13-24(22)29)26(31)28-27-15-20-17-30(16-19-9-3-2-4-10-19)25-14-8-5-11-21(20)25/h2-15,17-18H,16H2,1H3,(H,28,31). The lowest BCUT2D eigenvalue weighted by molar-refractivity contribution is 0.0956. The van der Waals surface area contributed by atoms with Gasteiger partial charge >= 0.3 is 0 Å². The molecule has 1 amide bonds. The predicted molar refractivity (Wildman–Crippen MR) is 125 cm³/mol. The van der Waals surface area contributed by atoms with Crippen molar-refractivity contribution in [3.05, 3.63) is 108 Å². The fraction of sp³-hybridized carbons (Fsp3) is 0.0769. The van der Waals surface area contributed by atoms with Gasteiger partial charge in [0.25, 0.3) is 5.91 Å². The van der Waals surface area contributed by atoms with E-state index in [0.717, 1.165) is 33.9 Å². The van der Waals surface area contributed by atoms with Crippen LogP contribution in [0.3, 0.4) is 0 Å². The SMILES string of the molecule is Cn1cc(C(=O)NN=Cc2cn(Cc3ccccc3)c3ccccc23)c2ccccc21. The van der Waals surface area contributed by atoms with Gasteiger partial charge in [-0.1, -0.05) is 66.7 Å². The van der Waals surface area contributed by atoms with Gasteiger partial charge in [0, 0.05) is 53.4 Å². The molecule has 5 rings (SSSR count). The third-order valence-electron chi connectivity index (χ3n) is 5.53. The lowest BCUT2D eigenvalue weighted by Gasteiger charge is -2.05. The number of aryl methyl sites for hydroxylation is 1. The van der Waals surface area contributed by atoms with E-state index in [0.29, 0.717) is 5.56 Å². The van der Waals surface area contributed by atoms with Crippen LogP contribution in [-0.4, -0.2) is 21.3 Å². The summed E-state index contributed by atoms with van der Waals surface area (Å²) in [6.45, 7) is 0.775. The monoisotopic (exact) mass is 406 g/mol. The van der Waals surface area contributed by atoms with Crippen LogP contribution in [-0.2, 0) is 13.6 Å². The van der Waals surface area contributed by atoms with E-state index in [1.54, 1.807) is 6.21 Å². The Kier molecular flexibility index (Phi) is 4.84. The number of aromatic nitrogens is 2. The molecule has 5 heteroatoms. The highest BCUT2D eigenvalue weighted by molar-refractivity contribution is 6.07. The number of carbonyl (C=O) groups is 1. The van der Waals surface area contributed by atoms with Gasteiger partial charge in [-0.15, -0.1) is 0 Å². The Morgan fingerprint density at radius 1 is 0.871 bits per heavy atom. The van der Waals surface area contributed by atoms with Gasteiger partial charge in [-0.2, -0.15) is 5.10 Å². The number of hydrazone groups is 1. The Morgan fingerprint density at radius 3 is 2.35 bits per heavy atom. The molecule has 2 heterocycles. The van der Waals surface area contributed by atoms with Gasteiger partial charge < -0.3 is 9.13 Å². The first kappa shape index (κ1) is 18.9. The Bertz CT molecular complexity index is 1410. The second-order valence-electron chi connectivity index (χ2n) is 7.59.